The van der Waals surface area contributed by atoms with E-state index in [0.717, 1.165) is 11.3 Å². The molecule has 1 atom stereocenters. The van der Waals surface area contributed by atoms with Gasteiger partial charge < -0.3 is 14.5 Å². The minimum Gasteiger partial charge on any atom is -0.496 e. The second-order valence-electron chi connectivity index (χ2n) is 6.52. The monoisotopic (exact) mass is 363 g/mol. The number of hydrogen-bond donors (Lipinski definition) is 0. The largest absolute Gasteiger partial charge is 0.496 e. The molecule has 0 spiro atoms. The van der Waals surface area contributed by atoms with E-state index in [-0.39, 0.29) is 30.8 Å². The van der Waals surface area contributed by atoms with Crippen molar-refractivity contribution < 1.29 is 14.3 Å². The van der Waals surface area contributed by atoms with Crippen molar-refractivity contribution in [3.63, 3.8) is 0 Å². The van der Waals surface area contributed by atoms with Gasteiger partial charge in [-0.15, -0.1) is 0 Å². The Morgan fingerprint density at radius 3 is 2.59 bits per heavy atom. The number of piperazine rings is 1. The Hall–Kier alpha value is -3.33. The number of methoxy groups -OCH3 is 1. The van der Waals surface area contributed by atoms with Crippen molar-refractivity contribution in [3.05, 3.63) is 59.7 Å². The molecule has 27 heavy (non-hydrogen) atoms. The van der Waals surface area contributed by atoms with Crippen LogP contribution in [0.25, 0.3) is 0 Å². The summed E-state index contributed by atoms with van der Waals surface area (Å²) < 4.78 is 5.31. The molecule has 0 N–H and O–H groups in total. The molecule has 2 aromatic rings. The van der Waals surface area contributed by atoms with Crippen LogP contribution in [0.5, 0.6) is 5.75 Å². The van der Waals surface area contributed by atoms with Crippen LogP contribution in [0.2, 0.25) is 0 Å². The zero-order valence-corrected chi connectivity index (χ0v) is 15.4. The summed E-state index contributed by atoms with van der Waals surface area (Å²) in [6, 6.07) is 16.2. The molecule has 138 valence electrons. The van der Waals surface area contributed by atoms with Crippen LogP contribution in [0.3, 0.4) is 0 Å². The minimum atomic E-state index is -0.133. The van der Waals surface area contributed by atoms with Gasteiger partial charge in [-0.1, -0.05) is 18.2 Å². The Labute approximate surface area is 158 Å². The van der Waals surface area contributed by atoms with Gasteiger partial charge in [0.2, 0.25) is 11.8 Å². The van der Waals surface area contributed by atoms with E-state index >= 15 is 0 Å². The van der Waals surface area contributed by atoms with Crippen molar-refractivity contribution in [1.82, 2.24) is 4.90 Å². The molecule has 1 heterocycles. The molecule has 1 saturated heterocycles. The van der Waals surface area contributed by atoms with E-state index in [2.05, 4.69) is 6.07 Å². The van der Waals surface area contributed by atoms with E-state index in [1.807, 2.05) is 31.2 Å². The number of rotatable bonds is 4. The summed E-state index contributed by atoms with van der Waals surface area (Å²) in [5.41, 5.74) is 2.09. The van der Waals surface area contributed by atoms with E-state index in [1.54, 1.807) is 41.2 Å². The molecule has 3 rings (SSSR count). The Kier molecular flexibility index (Phi) is 5.41. The van der Waals surface area contributed by atoms with Crippen molar-refractivity contribution in [2.75, 3.05) is 25.1 Å². The second-order valence-corrected chi connectivity index (χ2v) is 6.52. The highest BCUT2D eigenvalue weighted by molar-refractivity contribution is 5.98. The van der Waals surface area contributed by atoms with E-state index < -0.39 is 0 Å². The first-order valence-electron chi connectivity index (χ1n) is 8.75. The number of nitriles is 1. The van der Waals surface area contributed by atoms with Gasteiger partial charge >= 0.3 is 0 Å². The number of para-hydroxylation sites is 1. The van der Waals surface area contributed by atoms with Crippen LogP contribution in [-0.4, -0.2) is 43.0 Å². The molecule has 1 aliphatic heterocycles. The van der Waals surface area contributed by atoms with Gasteiger partial charge in [-0.25, -0.2) is 0 Å². The zero-order valence-electron chi connectivity index (χ0n) is 15.4. The molecule has 0 aliphatic carbocycles. The average Bonchev–Trinajstić information content (AvgIpc) is 2.70. The zero-order chi connectivity index (χ0) is 19.4. The predicted octanol–water partition coefficient (Wildman–Crippen LogP) is 2.37. The number of carbonyl (C=O) groups is 2. The van der Waals surface area contributed by atoms with Gasteiger partial charge in [-0.2, -0.15) is 5.26 Å². The molecule has 2 amide bonds. The van der Waals surface area contributed by atoms with Crippen molar-refractivity contribution in [2.24, 2.45) is 0 Å². The standard InChI is InChI=1S/C21H21N3O3/c1-15-13-24(18-9-7-16(12-22)8-10-18)21(26)14-23(15)20(25)11-17-5-3-4-6-19(17)27-2/h3-10,15H,11,13-14H2,1-2H3/t15-/m1/s1. The SMILES string of the molecule is COc1ccccc1CC(=O)N1CC(=O)N(c2ccc(C#N)cc2)C[C@H]1C. The third kappa shape index (κ3) is 3.93. The minimum absolute atomic E-state index is 0.0369. The smallest absolute Gasteiger partial charge is 0.246 e. The summed E-state index contributed by atoms with van der Waals surface area (Å²) in [4.78, 5) is 28.7. The van der Waals surface area contributed by atoms with Crippen LogP contribution in [0.1, 0.15) is 18.1 Å². The Balaban J connectivity index is 1.71. The molecular weight excluding hydrogens is 342 g/mol. The van der Waals surface area contributed by atoms with E-state index in [0.29, 0.717) is 17.9 Å². The van der Waals surface area contributed by atoms with Crippen molar-refractivity contribution in [2.45, 2.75) is 19.4 Å². The number of hydrogen-bond acceptors (Lipinski definition) is 4. The maximum Gasteiger partial charge on any atom is 0.246 e. The van der Waals surface area contributed by atoms with Crippen molar-refractivity contribution in [1.29, 1.82) is 5.26 Å². The molecule has 0 saturated carbocycles. The first-order chi connectivity index (χ1) is 13.0. The summed E-state index contributed by atoms with van der Waals surface area (Å²) >= 11 is 0. The first-order valence-corrected chi connectivity index (χ1v) is 8.75. The van der Waals surface area contributed by atoms with Gasteiger partial charge in [0, 0.05) is 23.8 Å². The molecule has 2 aromatic carbocycles. The molecule has 6 heteroatoms. The first kappa shape index (κ1) is 18.5. The molecule has 0 bridgehead atoms. The van der Waals surface area contributed by atoms with E-state index in [9.17, 15) is 9.59 Å². The number of amides is 2. The van der Waals surface area contributed by atoms with Crippen LogP contribution in [0, 0.1) is 11.3 Å². The number of anilines is 1. The fraction of sp³-hybridized carbons (Fsp3) is 0.286. The van der Waals surface area contributed by atoms with Gasteiger partial charge in [0.1, 0.15) is 12.3 Å². The van der Waals surface area contributed by atoms with Gasteiger partial charge in [0.15, 0.2) is 0 Å². The van der Waals surface area contributed by atoms with E-state index in [1.165, 1.54) is 0 Å². The highest BCUT2D eigenvalue weighted by Crippen LogP contribution is 2.23. The normalized spacial score (nSPS) is 16.8. The summed E-state index contributed by atoms with van der Waals surface area (Å²) in [5, 5.41) is 8.90. The Bertz CT molecular complexity index is 886. The highest BCUT2D eigenvalue weighted by Gasteiger charge is 2.33. The van der Waals surface area contributed by atoms with Crippen LogP contribution >= 0.6 is 0 Å². The van der Waals surface area contributed by atoms with Gasteiger partial charge in [-0.3, -0.25) is 9.59 Å². The third-order valence-electron chi connectivity index (χ3n) is 4.75. The molecule has 1 aliphatic rings. The molecule has 0 aromatic heterocycles. The molecule has 0 radical (unpaired) electrons. The number of nitrogens with zero attached hydrogens (tertiary/aromatic N) is 3. The Morgan fingerprint density at radius 1 is 1.22 bits per heavy atom. The Morgan fingerprint density at radius 2 is 1.93 bits per heavy atom. The summed E-state index contributed by atoms with van der Waals surface area (Å²) in [5.74, 6) is 0.437. The molecular formula is C21H21N3O3. The average molecular weight is 363 g/mol. The maximum absolute atomic E-state index is 12.8. The number of benzene rings is 2. The second kappa shape index (κ2) is 7.92. The quantitative estimate of drug-likeness (QED) is 0.836. The van der Waals surface area contributed by atoms with Gasteiger partial charge in [0.25, 0.3) is 0 Å². The van der Waals surface area contributed by atoms with E-state index in [4.69, 9.17) is 10.00 Å². The highest BCUT2D eigenvalue weighted by atomic mass is 16.5. The van der Waals surface area contributed by atoms with Gasteiger partial charge in [0.05, 0.1) is 25.2 Å². The summed E-state index contributed by atoms with van der Waals surface area (Å²) in [6.45, 7) is 2.39. The number of ether oxygens (including phenoxy) is 1. The van der Waals surface area contributed by atoms with Crippen LogP contribution in [-0.2, 0) is 16.0 Å². The third-order valence-corrected chi connectivity index (χ3v) is 4.75. The maximum atomic E-state index is 12.8. The molecule has 6 nitrogen and oxygen atoms in total. The fourth-order valence-electron chi connectivity index (χ4n) is 3.26. The molecule has 0 unspecified atom stereocenters. The molecule has 1 fully saturated rings. The van der Waals surface area contributed by atoms with Crippen LogP contribution in [0.4, 0.5) is 5.69 Å². The van der Waals surface area contributed by atoms with Crippen molar-refractivity contribution in [3.8, 4) is 11.8 Å². The topological polar surface area (TPSA) is 73.6 Å². The lowest BCUT2D eigenvalue weighted by Gasteiger charge is -2.39. The lowest BCUT2D eigenvalue weighted by molar-refractivity contribution is -0.138. The summed E-state index contributed by atoms with van der Waals surface area (Å²) in [7, 11) is 1.58. The summed E-state index contributed by atoms with van der Waals surface area (Å²) in [6.07, 6.45) is 0.193. The van der Waals surface area contributed by atoms with Crippen molar-refractivity contribution >= 4 is 17.5 Å². The predicted molar refractivity (Wildman–Crippen MR) is 101 cm³/mol. The van der Waals surface area contributed by atoms with Gasteiger partial charge in [-0.05, 0) is 37.3 Å². The van der Waals surface area contributed by atoms with Crippen LogP contribution < -0.4 is 9.64 Å². The van der Waals surface area contributed by atoms with Crippen LogP contribution in [0.15, 0.2) is 48.5 Å². The fourth-order valence-corrected chi connectivity index (χ4v) is 3.26. The lowest BCUT2D eigenvalue weighted by Crippen LogP contribution is -2.57. The number of carbonyl (C=O) groups excluding carboxylic acids is 2. The lowest BCUT2D eigenvalue weighted by atomic mass is 10.1.